The quantitative estimate of drug-likeness (QED) is 0.379. The summed E-state index contributed by atoms with van der Waals surface area (Å²) in [6.45, 7) is 4.86. The molecule has 0 aliphatic carbocycles. The first-order chi connectivity index (χ1) is 6.39. The van der Waals surface area contributed by atoms with Gasteiger partial charge < -0.3 is 19.5 Å². The van der Waals surface area contributed by atoms with Crippen molar-refractivity contribution >= 4 is 7.82 Å². The van der Waals surface area contributed by atoms with Crippen LogP contribution in [-0.4, -0.2) is 30.1 Å². The Bertz CT molecular complexity index is 121. The summed E-state index contributed by atoms with van der Waals surface area (Å²) in [5.74, 6) is 9.06. The summed E-state index contributed by atoms with van der Waals surface area (Å²) < 4.78 is 13.1. The maximum absolute atomic E-state index is 9.47. The molecule has 0 saturated carbocycles. The van der Waals surface area contributed by atoms with Crippen LogP contribution in [0.2, 0.25) is 0 Å². The van der Waals surface area contributed by atoms with Gasteiger partial charge in [0.15, 0.2) is 0 Å². The largest absolute Gasteiger partial charge is 0.469 e. The highest BCUT2D eigenvalue weighted by Gasteiger charge is 2.07. The van der Waals surface area contributed by atoms with E-state index < -0.39 is 7.82 Å². The van der Waals surface area contributed by atoms with Crippen LogP contribution in [0, 0.1) is 0 Å². The third kappa shape index (κ3) is 58.5. The van der Waals surface area contributed by atoms with E-state index in [4.69, 9.17) is 9.79 Å². The van der Waals surface area contributed by atoms with Crippen LogP contribution in [-0.2, 0) is 18.8 Å². The third-order valence-electron chi connectivity index (χ3n) is 0.571. The van der Waals surface area contributed by atoms with Crippen molar-refractivity contribution in [1.82, 2.24) is 0 Å². The molecule has 0 aliphatic heterocycles. The molecule has 6 N–H and O–H groups in total. The van der Waals surface area contributed by atoms with Gasteiger partial charge in [0.2, 0.25) is 0 Å². The van der Waals surface area contributed by atoms with Crippen LogP contribution < -0.4 is 11.8 Å². The molecule has 0 rings (SSSR count). The maximum atomic E-state index is 9.47. The first kappa shape index (κ1) is 19.5. The van der Waals surface area contributed by atoms with E-state index in [1.54, 1.807) is 0 Å². The monoisotopic (exact) mass is 234 g/mol. The molecule has 0 aromatic heterocycles. The van der Waals surface area contributed by atoms with E-state index in [2.05, 4.69) is 26.0 Å². The molecule has 8 nitrogen and oxygen atoms in total. The smallest absolute Gasteiger partial charge is 0.305 e. The lowest BCUT2D eigenvalue weighted by atomic mass is 10.9. The first-order valence-electron chi connectivity index (χ1n) is 3.64. The van der Waals surface area contributed by atoms with Crippen LogP contribution in [0.15, 0.2) is 0 Å². The van der Waals surface area contributed by atoms with Crippen LogP contribution in [0.5, 0.6) is 0 Å². The fourth-order valence-electron chi connectivity index (χ4n) is 0. The lowest BCUT2D eigenvalue weighted by Crippen LogP contribution is -1.94. The normalized spacial score (nSPS) is 9.36. The Morgan fingerprint density at radius 1 is 1.14 bits per heavy atom. The minimum atomic E-state index is -4.15. The van der Waals surface area contributed by atoms with E-state index in [0.29, 0.717) is 13.2 Å². The van der Waals surface area contributed by atoms with E-state index in [9.17, 15) is 4.57 Å². The second-order valence-corrected chi connectivity index (χ2v) is 2.93. The topological polar surface area (TPSA) is 137 Å². The zero-order chi connectivity index (χ0) is 12.0. The van der Waals surface area contributed by atoms with Gasteiger partial charge in [0.1, 0.15) is 0 Å². The number of phosphoric acid groups is 1. The molecule has 14 heavy (non-hydrogen) atoms. The van der Waals surface area contributed by atoms with Crippen molar-refractivity contribution in [3.63, 3.8) is 0 Å². The summed E-state index contributed by atoms with van der Waals surface area (Å²) in [5, 5.41) is 0. The van der Waals surface area contributed by atoms with E-state index in [-0.39, 0.29) is 0 Å². The second kappa shape index (κ2) is 15.4. The SMILES string of the molecule is CCON.CCON.COP(=O)(O)O. The number of hydrogen-bond donors (Lipinski definition) is 4. The van der Waals surface area contributed by atoms with Gasteiger partial charge in [-0.2, -0.15) is 0 Å². The van der Waals surface area contributed by atoms with Gasteiger partial charge in [-0.15, -0.1) is 0 Å². The molecule has 9 heteroatoms. The summed E-state index contributed by atoms with van der Waals surface area (Å²) in [5.41, 5.74) is 0. The minimum absolute atomic E-state index is 0.597. The highest BCUT2D eigenvalue weighted by atomic mass is 31.2. The van der Waals surface area contributed by atoms with Crippen LogP contribution in [0.3, 0.4) is 0 Å². The average molecular weight is 234 g/mol. The highest BCUT2D eigenvalue weighted by molar-refractivity contribution is 7.46. The molecule has 0 unspecified atom stereocenters. The van der Waals surface area contributed by atoms with Gasteiger partial charge in [-0.05, 0) is 13.8 Å². The predicted octanol–water partition coefficient (Wildman–Crippen LogP) is -0.481. The summed E-state index contributed by atoms with van der Waals surface area (Å²) >= 11 is 0. The van der Waals surface area contributed by atoms with Gasteiger partial charge in [0.05, 0.1) is 13.2 Å². The summed E-state index contributed by atoms with van der Waals surface area (Å²) in [6, 6.07) is 0. The fourth-order valence-corrected chi connectivity index (χ4v) is 0. The molecule has 0 aromatic rings. The lowest BCUT2D eigenvalue weighted by molar-refractivity contribution is 0.152. The number of nitrogens with two attached hydrogens (primary N) is 2. The molecule has 0 radical (unpaired) electrons. The Morgan fingerprint density at radius 3 is 1.29 bits per heavy atom. The van der Waals surface area contributed by atoms with Gasteiger partial charge in [0, 0.05) is 7.11 Å². The van der Waals surface area contributed by atoms with E-state index in [0.717, 1.165) is 7.11 Å². The van der Waals surface area contributed by atoms with Gasteiger partial charge in [-0.25, -0.2) is 16.4 Å². The van der Waals surface area contributed by atoms with Crippen molar-refractivity contribution in [3.05, 3.63) is 0 Å². The Labute approximate surface area is 83.3 Å². The van der Waals surface area contributed by atoms with Crippen LogP contribution in [0.25, 0.3) is 0 Å². The molecule has 0 amide bonds. The molecular weight excluding hydrogens is 215 g/mol. The highest BCUT2D eigenvalue weighted by Crippen LogP contribution is 2.33. The first-order valence-corrected chi connectivity index (χ1v) is 5.17. The summed E-state index contributed by atoms with van der Waals surface area (Å²) in [6.07, 6.45) is 0. The molecule has 0 bridgehead atoms. The Hall–Kier alpha value is -0.0500. The molecular formula is C5H19N2O6P. The number of hydrogen-bond acceptors (Lipinski definition) is 6. The average Bonchev–Trinajstić information content (AvgIpc) is 2.17. The van der Waals surface area contributed by atoms with Crippen LogP contribution in [0.1, 0.15) is 13.8 Å². The predicted molar refractivity (Wildman–Crippen MR) is 50.7 cm³/mol. The molecule has 90 valence electrons. The van der Waals surface area contributed by atoms with Gasteiger partial charge in [-0.1, -0.05) is 0 Å². The van der Waals surface area contributed by atoms with Crippen molar-refractivity contribution in [3.8, 4) is 0 Å². The van der Waals surface area contributed by atoms with Crippen molar-refractivity contribution < 1.29 is 28.6 Å². The molecule has 0 fully saturated rings. The molecule has 0 saturated heterocycles. The van der Waals surface area contributed by atoms with Gasteiger partial charge in [-0.3, -0.25) is 4.52 Å². The zero-order valence-electron chi connectivity index (χ0n) is 8.54. The summed E-state index contributed by atoms with van der Waals surface area (Å²) in [7, 11) is -3.20. The molecule has 0 heterocycles. The van der Waals surface area contributed by atoms with Crippen molar-refractivity contribution in [2.45, 2.75) is 13.8 Å². The Kier molecular flexibility index (Phi) is 21.5. The second-order valence-electron chi connectivity index (χ2n) is 1.58. The zero-order valence-corrected chi connectivity index (χ0v) is 9.44. The van der Waals surface area contributed by atoms with E-state index in [1.807, 2.05) is 13.8 Å². The van der Waals surface area contributed by atoms with Crippen LogP contribution >= 0.6 is 7.82 Å². The Morgan fingerprint density at radius 2 is 1.29 bits per heavy atom. The number of phosphoric ester groups is 1. The molecule has 0 aliphatic rings. The van der Waals surface area contributed by atoms with Gasteiger partial charge in [0.25, 0.3) is 0 Å². The van der Waals surface area contributed by atoms with Crippen molar-refractivity contribution in [2.24, 2.45) is 11.8 Å². The van der Waals surface area contributed by atoms with Crippen molar-refractivity contribution in [1.29, 1.82) is 0 Å². The van der Waals surface area contributed by atoms with Crippen molar-refractivity contribution in [2.75, 3.05) is 20.3 Å². The number of rotatable bonds is 3. The summed E-state index contributed by atoms with van der Waals surface area (Å²) in [4.78, 5) is 23.5. The third-order valence-corrected chi connectivity index (χ3v) is 1.05. The van der Waals surface area contributed by atoms with Crippen LogP contribution in [0.4, 0.5) is 0 Å². The van der Waals surface area contributed by atoms with E-state index in [1.165, 1.54) is 0 Å². The molecule has 0 atom stereocenters. The lowest BCUT2D eigenvalue weighted by Gasteiger charge is -1.93. The molecule has 0 spiro atoms. The fraction of sp³-hybridized carbons (Fsp3) is 1.00. The Balaban J connectivity index is -0.000000135. The minimum Gasteiger partial charge on any atom is -0.305 e. The molecule has 0 aromatic carbocycles. The van der Waals surface area contributed by atoms with E-state index >= 15 is 0 Å². The van der Waals surface area contributed by atoms with Gasteiger partial charge >= 0.3 is 7.82 Å². The standard InChI is InChI=1S/2C2H7NO.CH5O4P/c2*1-2-4-3;1-5-6(2,3)4/h2*2-3H2,1H3;1H3,(H2,2,3,4). The maximum Gasteiger partial charge on any atom is 0.469 e.